The Morgan fingerprint density at radius 1 is 1.36 bits per heavy atom. The summed E-state index contributed by atoms with van der Waals surface area (Å²) in [4.78, 5) is 0. The van der Waals surface area contributed by atoms with Gasteiger partial charge in [0.15, 0.2) is 0 Å². The molecule has 2 saturated heterocycles. The van der Waals surface area contributed by atoms with E-state index in [1.54, 1.807) is 0 Å². The van der Waals surface area contributed by atoms with Crippen LogP contribution in [0.25, 0.3) is 0 Å². The van der Waals surface area contributed by atoms with Gasteiger partial charge in [0.1, 0.15) is 0 Å². The van der Waals surface area contributed by atoms with Gasteiger partial charge >= 0.3 is 0 Å². The molecule has 2 aliphatic heterocycles. The zero-order valence-corrected chi connectivity index (χ0v) is 9.43. The van der Waals surface area contributed by atoms with E-state index in [9.17, 15) is 0 Å². The molecule has 2 heterocycles. The number of ether oxygens (including phenoxy) is 2. The molecule has 0 aromatic rings. The predicted molar refractivity (Wildman–Crippen MR) is 55.4 cm³/mol. The summed E-state index contributed by atoms with van der Waals surface area (Å²) in [5.74, 6) is 0. The third-order valence-corrected chi connectivity index (χ3v) is 3.13. The zero-order valence-electron chi connectivity index (χ0n) is 9.43. The van der Waals surface area contributed by atoms with Crippen molar-refractivity contribution in [2.75, 3.05) is 19.7 Å². The second-order valence-electron chi connectivity index (χ2n) is 5.28. The quantitative estimate of drug-likeness (QED) is 0.638. The van der Waals surface area contributed by atoms with Crippen molar-refractivity contribution in [2.24, 2.45) is 0 Å². The minimum atomic E-state index is -0.0308. The molecule has 2 fully saturated rings. The largest absolute Gasteiger partial charge is 0.375 e. The fourth-order valence-corrected chi connectivity index (χ4v) is 2.69. The highest BCUT2D eigenvalue weighted by Crippen LogP contribution is 2.36. The maximum atomic E-state index is 6.11. The molecule has 0 radical (unpaired) electrons. The molecule has 0 aromatic heterocycles. The first-order valence-corrected chi connectivity index (χ1v) is 5.54. The molecular weight excluding hydrogens is 178 g/mol. The summed E-state index contributed by atoms with van der Waals surface area (Å²) in [5, 5.41) is 3.45. The van der Waals surface area contributed by atoms with E-state index in [0.29, 0.717) is 6.10 Å². The van der Waals surface area contributed by atoms with E-state index in [4.69, 9.17) is 9.47 Å². The van der Waals surface area contributed by atoms with Crippen LogP contribution in [-0.4, -0.2) is 37.0 Å². The van der Waals surface area contributed by atoms with E-state index in [-0.39, 0.29) is 11.2 Å². The van der Waals surface area contributed by atoms with Crippen LogP contribution in [0.15, 0.2) is 0 Å². The Bertz CT molecular complexity index is 213. The van der Waals surface area contributed by atoms with Gasteiger partial charge < -0.3 is 14.8 Å². The third-order valence-electron chi connectivity index (χ3n) is 3.13. The lowest BCUT2D eigenvalue weighted by Gasteiger charge is -2.48. The van der Waals surface area contributed by atoms with Gasteiger partial charge in [-0.1, -0.05) is 0 Å². The van der Waals surface area contributed by atoms with Crippen LogP contribution in [0.5, 0.6) is 0 Å². The molecule has 0 saturated carbocycles. The Labute approximate surface area is 86.2 Å². The summed E-state index contributed by atoms with van der Waals surface area (Å²) in [5.41, 5.74) is -0.00356. The monoisotopic (exact) mass is 199 g/mol. The lowest BCUT2D eigenvalue weighted by atomic mass is 9.83. The summed E-state index contributed by atoms with van der Waals surface area (Å²) in [6, 6.07) is 0. The van der Waals surface area contributed by atoms with E-state index in [0.717, 1.165) is 32.5 Å². The Kier molecular flexibility index (Phi) is 2.58. The minimum absolute atomic E-state index is 0.0272. The predicted octanol–water partition coefficient (Wildman–Crippen LogP) is 1.32. The van der Waals surface area contributed by atoms with Crippen LogP contribution in [0, 0.1) is 0 Å². The van der Waals surface area contributed by atoms with E-state index >= 15 is 0 Å². The summed E-state index contributed by atoms with van der Waals surface area (Å²) < 4.78 is 11.8. The first kappa shape index (κ1) is 10.4. The summed E-state index contributed by atoms with van der Waals surface area (Å²) in [6.07, 6.45) is 2.35. The molecule has 14 heavy (non-hydrogen) atoms. The molecule has 0 amide bonds. The molecule has 1 spiro atoms. The average molecular weight is 199 g/mol. The second kappa shape index (κ2) is 3.47. The first-order valence-electron chi connectivity index (χ1n) is 5.54. The molecule has 1 N–H and O–H groups in total. The van der Waals surface area contributed by atoms with E-state index in [2.05, 4.69) is 26.1 Å². The number of nitrogens with one attached hydrogen (secondary N) is 1. The van der Waals surface area contributed by atoms with Crippen molar-refractivity contribution in [3.05, 3.63) is 0 Å². The van der Waals surface area contributed by atoms with Gasteiger partial charge in [-0.05, 0) is 20.8 Å². The van der Waals surface area contributed by atoms with Gasteiger partial charge in [0, 0.05) is 25.9 Å². The molecule has 3 nitrogen and oxygen atoms in total. The SMILES string of the molecule is C[C@H]1CNC[C@@]2(CCOC(C)(C)C2)O1. The van der Waals surface area contributed by atoms with Crippen molar-refractivity contribution in [3.8, 4) is 0 Å². The highest BCUT2D eigenvalue weighted by Gasteiger charge is 2.44. The standard InChI is InChI=1S/C11H21NO2/c1-9-6-12-8-11(14-9)4-5-13-10(2,3)7-11/h9,12H,4-8H2,1-3H3/t9-,11-/m0/s1. The van der Waals surface area contributed by atoms with Gasteiger partial charge in [-0.2, -0.15) is 0 Å². The van der Waals surface area contributed by atoms with Gasteiger partial charge in [-0.25, -0.2) is 0 Å². The van der Waals surface area contributed by atoms with Crippen molar-refractivity contribution < 1.29 is 9.47 Å². The van der Waals surface area contributed by atoms with Crippen molar-refractivity contribution >= 4 is 0 Å². The van der Waals surface area contributed by atoms with Crippen molar-refractivity contribution in [1.29, 1.82) is 0 Å². The van der Waals surface area contributed by atoms with E-state index in [1.165, 1.54) is 0 Å². The number of morpholine rings is 1. The van der Waals surface area contributed by atoms with E-state index < -0.39 is 0 Å². The van der Waals surface area contributed by atoms with Gasteiger partial charge in [0.05, 0.1) is 23.9 Å². The molecule has 3 heteroatoms. The summed E-state index contributed by atoms with van der Waals surface area (Å²) in [6.45, 7) is 9.21. The molecule has 0 aromatic carbocycles. The molecule has 0 bridgehead atoms. The fourth-order valence-electron chi connectivity index (χ4n) is 2.69. The van der Waals surface area contributed by atoms with Crippen LogP contribution >= 0.6 is 0 Å². The molecule has 0 aliphatic carbocycles. The van der Waals surface area contributed by atoms with Crippen LogP contribution in [0.2, 0.25) is 0 Å². The van der Waals surface area contributed by atoms with E-state index in [1.807, 2.05) is 0 Å². The zero-order chi connectivity index (χ0) is 10.2. The highest BCUT2D eigenvalue weighted by molar-refractivity contribution is 4.96. The molecular formula is C11H21NO2. The van der Waals surface area contributed by atoms with Crippen LogP contribution in [0.4, 0.5) is 0 Å². The molecule has 82 valence electrons. The Hall–Kier alpha value is -0.120. The topological polar surface area (TPSA) is 30.5 Å². The smallest absolute Gasteiger partial charge is 0.0859 e. The maximum absolute atomic E-state index is 6.11. The molecule has 2 aliphatic rings. The van der Waals surface area contributed by atoms with Crippen LogP contribution in [0.3, 0.4) is 0 Å². The Morgan fingerprint density at radius 2 is 2.14 bits per heavy atom. The van der Waals surface area contributed by atoms with Gasteiger partial charge in [0.25, 0.3) is 0 Å². The fraction of sp³-hybridized carbons (Fsp3) is 1.00. The highest BCUT2D eigenvalue weighted by atomic mass is 16.5. The van der Waals surface area contributed by atoms with Gasteiger partial charge in [-0.3, -0.25) is 0 Å². The van der Waals surface area contributed by atoms with Crippen molar-refractivity contribution in [3.63, 3.8) is 0 Å². The molecule has 0 unspecified atom stereocenters. The molecule has 2 atom stereocenters. The first-order chi connectivity index (χ1) is 6.52. The van der Waals surface area contributed by atoms with Crippen LogP contribution in [-0.2, 0) is 9.47 Å². The van der Waals surface area contributed by atoms with Gasteiger partial charge in [0.2, 0.25) is 0 Å². The normalized spacial score (nSPS) is 42.6. The van der Waals surface area contributed by atoms with Gasteiger partial charge in [-0.15, -0.1) is 0 Å². The third kappa shape index (κ3) is 2.10. The van der Waals surface area contributed by atoms with Crippen molar-refractivity contribution in [1.82, 2.24) is 5.32 Å². The maximum Gasteiger partial charge on any atom is 0.0859 e. The lowest BCUT2D eigenvalue weighted by molar-refractivity contribution is -0.196. The van der Waals surface area contributed by atoms with Crippen LogP contribution < -0.4 is 5.32 Å². The Balaban J connectivity index is 2.06. The second-order valence-corrected chi connectivity index (χ2v) is 5.28. The summed E-state index contributed by atoms with van der Waals surface area (Å²) >= 11 is 0. The number of hydrogen-bond donors (Lipinski definition) is 1. The average Bonchev–Trinajstić information content (AvgIpc) is 2.00. The van der Waals surface area contributed by atoms with Crippen molar-refractivity contribution in [2.45, 2.75) is 50.9 Å². The summed E-state index contributed by atoms with van der Waals surface area (Å²) in [7, 11) is 0. The number of rotatable bonds is 0. The number of hydrogen-bond acceptors (Lipinski definition) is 3. The lowest BCUT2D eigenvalue weighted by Crippen LogP contribution is -2.58. The Morgan fingerprint density at radius 3 is 2.79 bits per heavy atom. The minimum Gasteiger partial charge on any atom is -0.375 e. The van der Waals surface area contributed by atoms with Crippen LogP contribution in [0.1, 0.15) is 33.6 Å². The molecule has 2 rings (SSSR count).